The maximum absolute atomic E-state index is 12.2. The molecule has 6 heteroatoms. The van der Waals surface area contributed by atoms with Crippen LogP contribution in [0.1, 0.15) is 28.8 Å². The first-order valence-electron chi connectivity index (χ1n) is 9.52. The SMILES string of the molecule is NC(=O)c1ccc(-c2cccc(CC(=O)/C=C/C(=O)NC3CC3)c2)c2cc[nH]c12. The molecule has 0 saturated heterocycles. The van der Waals surface area contributed by atoms with Crippen molar-refractivity contribution in [3.63, 3.8) is 0 Å². The van der Waals surface area contributed by atoms with Crippen molar-refractivity contribution in [2.24, 2.45) is 5.73 Å². The molecule has 1 fully saturated rings. The van der Waals surface area contributed by atoms with E-state index in [9.17, 15) is 14.4 Å². The van der Waals surface area contributed by atoms with Crippen LogP contribution in [0.5, 0.6) is 0 Å². The van der Waals surface area contributed by atoms with E-state index in [0.717, 1.165) is 34.9 Å². The number of amides is 2. The molecule has 0 atom stereocenters. The molecule has 2 amide bonds. The molecule has 146 valence electrons. The van der Waals surface area contributed by atoms with Crippen LogP contribution < -0.4 is 11.1 Å². The van der Waals surface area contributed by atoms with Crippen molar-refractivity contribution in [2.45, 2.75) is 25.3 Å². The third-order valence-corrected chi connectivity index (χ3v) is 4.95. The molecule has 0 unspecified atom stereocenters. The summed E-state index contributed by atoms with van der Waals surface area (Å²) in [5, 5.41) is 3.71. The lowest BCUT2D eigenvalue weighted by atomic mass is 9.96. The van der Waals surface area contributed by atoms with Crippen LogP contribution in [0.2, 0.25) is 0 Å². The number of ketones is 1. The fraction of sp³-hybridized carbons (Fsp3) is 0.174. The molecule has 4 N–H and O–H groups in total. The fourth-order valence-corrected chi connectivity index (χ4v) is 3.37. The van der Waals surface area contributed by atoms with Crippen LogP contribution in [-0.2, 0) is 16.0 Å². The number of nitrogens with two attached hydrogens (primary N) is 1. The Hall–Kier alpha value is -3.67. The first-order chi connectivity index (χ1) is 14.0. The molecule has 29 heavy (non-hydrogen) atoms. The van der Waals surface area contributed by atoms with E-state index in [4.69, 9.17) is 5.73 Å². The van der Waals surface area contributed by atoms with E-state index in [-0.39, 0.29) is 24.2 Å². The van der Waals surface area contributed by atoms with Crippen LogP contribution in [0, 0.1) is 0 Å². The summed E-state index contributed by atoms with van der Waals surface area (Å²) < 4.78 is 0. The Balaban J connectivity index is 1.54. The van der Waals surface area contributed by atoms with E-state index < -0.39 is 5.91 Å². The number of aromatic nitrogens is 1. The van der Waals surface area contributed by atoms with Gasteiger partial charge in [-0.2, -0.15) is 0 Å². The van der Waals surface area contributed by atoms with Gasteiger partial charge in [0, 0.05) is 30.1 Å². The number of hydrogen-bond acceptors (Lipinski definition) is 3. The second kappa shape index (κ2) is 7.75. The van der Waals surface area contributed by atoms with Crippen molar-refractivity contribution >= 4 is 28.5 Å². The van der Waals surface area contributed by atoms with Crippen molar-refractivity contribution in [1.82, 2.24) is 10.3 Å². The number of fused-ring (bicyclic) bond motifs is 1. The van der Waals surface area contributed by atoms with Gasteiger partial charge in [0.25, 0.3) is 5.91 Å². The van der Waals surface area contributed by atoms with E-state index in [1.54, 1.807) is 12.3 Å². The van der Waals surface area contributed by atoms with Crippen molar-refractivity contribution in [3.05, 3.63) is 71.9 Å². The van der Waals surface area contributed by atoms with Crippen molar-refractivity contribution < 1.29 is 14.4 Å². The minimum atomic E-state index is -0.485. The maximum Gasteiger partial charge on any atom is 0.250 e. The molecule has 0 radical (unpaired) electrons. The van der Waals surface area contributed by atoms with Crippen LogP contribution in [0.4, 0.5) is 0 Å². The Morgan fingerprint density at radius 1 is 1.10 bits per heavy atom. The molecule has 1 aliphatic rings. The summed E-state index contributed by atoms with van der Waals surface area (Å²) in [5.74, 6) is -0.844. The number of allylic oxidation sites excluding steroid dienone is 1. The third kappa shape index (κ3) is 4.27. The monoisotopic (exact) mass is 387 g/mol. The van der Waals surface area contributed by atoms with Gasteiger partial charge >= 0.3 is 0 Å². The first kappa shape index (κ1) is 18.7. The lowest BCUT2D eigenvalue weighted by Gasteiger charge is -2.08. The normalized spacial score (nSPS) is 13.7. The number of carbonyl (C=O) groups excluding carboxylic acids is 3. The maximum atomic E-state index is 12.2. The van der Waals surface area contributed by atoms with Gasteiger partial charge < -0.3 is 16.0 Å². The molecule has 3 aromatic rings. The number of hydrogen-bond donors (Lipinski definition) is 3. The lowest BCUT2D eigenvalue weighted by molar-refractivity contribution is -0.117. The zero-order valence-electron chi connectivity index (χ0n) is 15.8. The molecule has 4 rings (SSSR count). The molecular formula is C23H21N3O3. The highest BCUT2D eigenvalue weighted by atomic mass is 16.2. The highest BCUT2D eigenvalue weighted by Gasteiger charge is 2.22. The van der Waals surface area contributed by atoms with Crippen molar-refractivity contribution in [1.29, 1.82) is 0 Å². The van der Waals surface area contributed by atoms with Gasteiger partial charge in [0.05, 0.1) is 11.1 Å². The Morgan fingerprint density at radius 3 is 2.69 bits per heavy atom. The topological polar surface area (TPSA) is 105 Å². The second-order valence-corrected chi connectivity index (χ2v) is 7.25. The summed E-state index contributed by atoms with van der Waals surface area (Å²) in [5.41, 5.74) is 9.32. The summed E-state index contributed by atoms with van der Waals surface area (Å²) in [7, 11) is 0. The van der Waals surface area contributed by atoms with Crippen LogP contribution in [0.3, 0.4) is 0 Å². The second-order valence-electron chi connectivity index (χ2n) is 7.25. The highest BCUT2D eigenvalue weighted by molar-refractivity contribution is 6.09. The summed E-state index contributed by atoms with van der Waals surface area (Å²) in [6.45, 7) is 0. The largest absolute Gasteiger partial charge is 0.366 e. The Morgan fingerprint density at radius 2 is 1.93 bits per heavy atom. The Bertz CT molecular complexity index is 1140. The van der Waals surface area contributed by atoms with E-state index in [0.29, 0.717) is 11.1 Å². The van der Waals surface area contributed by atoms with E-state index in [2.05, 4.69) is 10.3 Å². The molecule has 1 aromatic heterocycles. The van der Waals surface area contributed by atoms with Gasteiger partial charge in [0.15, 0.2) is 5.78 Å². The minimum Gasteiger partial charge on any atom is -0.366 e. The molecule has 2 aromatic carbocycles. The molecule has 0 aliphatic heterocycles. The summed E-state index contributed by atoms with van der Waals surface area (Å²) in [6.07, 6.45) is 6.62. The number of carbonyl (C=O) groups is 3. The third-order valence-electron chi connectivity index (χ3n) is 4.95. The smallest absolute Gasteiger partial charge is 0.250 e. The highest BCUT2D eigenvalue weighted by Crippen LogP contribution is 2.31. The number of H-pyrrole nitrogens is 1. The van der Waals surface area contributed by atoms with Gasteiger partial charge in [0.1, 0.15) is 0 Å². The molecular weight excluding hydrogens is 366 g/mol. The van der Waals surface area contributed by atoms with Gasteiger partial charge in [-0.25, -0.2) is 0 Å². The quantitative estimate of drug-likeness (QED) is 0.543. The van der Waals surface area contributed by atoms with Crippen LogP contribution in [-0.4, -0.2) is 28.6 Å². The molecule has 6 nitrogen and oxygen atoms in total. The van der Waals surface area contributed by atoms with E-state index in [1.165, 1.54) is 12.2 Å². The zero-order valence-corrected chi connectivity index (χ0v) is 15.8. The molecule has 1 aliphatic carbocycles. The van der Waals surface area contributed by atoms with Gasteiger partial charge in [-0.1, -0.05) is 30.3 Å². The fourth-order valence-electron chi connectivity index (χ4n) is 3.37. The zero-order chi connectivity index (χ0) is 20.4. The Labute approximate surface area is 167 Å². The van der Waals surface area contributed by atoms with Gasteiger partial charge in [-0.3, -0.25) is 14.4 Å². The average Bonchev–Trinajstić information content (AvgIpc) is 3.37. The summed E-state index contributed by atoms with van der Waals surface area (Å²) >= 11 is 0. The van der Waals surface area contributed by atoms with Gasteiger partial charge in [-0.05, 0) is 47.7 Å². The number of nitrogens with one attached hydrogen (secondary N) is 2. The standard InChI is InChI=1S/C23H21N3O3/c24-23(29)20-8-7-18(19-10-11-25-22(19)20)15-3-1-2-14(12-15)13-17(27)6-9-21(28)26-16-4-5-16/h1-3,6-12,16,25H,4-5,13H2,(H2,24,29)(H,26,28)/b9-6+. The van der Waals surface area contributed by atoms with Crippen LogP contribution >= 0.6 is 0 Å². The molecule has 0 spiro atoms. The average molecular weight is 387 g/mol. The molecule has 1 heterocycles. The van der Waals surface area contributed by atoms with Gasteiger partial charge in [-0.15, -0.1) is 0 Å². The van der Waals surface area contributed by atoms with E-state index in [1.807, 2.05) is 36.4 Å². The van der Waals surface area contributed by atoms with Crippen molar-refractivity contribution in [2.75, 3.05) is 0 Å². The summed E-state index contributed by atoms with van der Waals surface area (Å²) in [6, 6.07) is 13.4. The van der Waals surface area contributed by atoms with Gasteiger partial charge in [0.2, 0.25) is 5.91 Å². The summed E-state index contributed by atoms with van der Waals surface area (Å²) in [4.78, 5) is 38.6. The first-order valence-corrected chi connectivity index (χ1v) is 9.52. The lowest BCUT2D eigenvalue weighted by Crippen LogP contribution is -2.23. The van der Waals surface area contributed by atoms with Crippen molar-refractivity contribution in [3.8, 4) is 11.1 Å². The predicted octanol–water partition coefficient (Wildman–Crippen LogP) is 2.88. The van der Waals surface area contributed by atoms with Crippen LogP contribution in [0.15, 0.2) is 60.8 Å². The molecule has 1 saturated carbocycles. The number of primary amides is 1. The van der Waals surface area contributed by atoms with Crippen LogP contribution in [0.25, 0.3) is 22.0 Å². The minimum absolute atomic E-state index is 0.135. The number of benzene rings is 2. The van der Waals surface area contributed by atoms with E-state index >= 15 is 0 Å². The Kier molecular flexibility index (Phi) is 4.99. The predicted molar refractivity (Wildman–Crippen MR) is 111 cm³/mol. The number of rotatable bonds is 7. The molecule has 0 bridgehead atoms. The number of aromatic amines is 1.